The van der Waals surface area contributed by atoms with Crippen LogP contribution in [-0.2, 0) is 35.0 Å². The average Bonchev–Trinajstić information content (AvgIpc) is 2.54. The van der Waals surface area contributed by atoms with E-state index in [0.29, 0.717) is 26.3 Å². The van der Waals surface area contributed by atoms with Gasteiger partial charge in [0.25, 0.3) is 11.9 Å². The number of hydrogen-bond donors (Lipinski definition) is 0. The van der Waals surface area contributed by atoms with Crippen LogP contribution < -0.4 is 0 Å². The standard InChI is InChI=1S/C14H26N2O4.2ClH.Pd/c1-5-9-19-13(17)11(3)15-7-8-16-12(4)14(18)20-10-6-2;;;/h11-12H,5-10H2,1-4H3;2*1H;/q-2;;;+2/p-2/t11-,12-;;;/m0.../s1. The van der Waals surface area contributed by atoms with Gasteiger partial charge in [0.2, 0.25) is 0 Å². The predicted molar refractivity (Wildman–Crippen MR) is 89.6 cm³/mol. The molecule has 0 aliphatic carbocycles. The van der Waals surface area contributed by atoms with Crippen molar-refractivity contribution in [3.05, 3.63) is 10.6 Å². The van der Waals surface area contributed by atoms with Crippen molar-refractivity contribution in [2.45, 2.75) is 52.6 Å². The van der Waals surface area contributed by atoms with Gasteiger partial charge in [-0.3, -0.25) is 9.59 Å². The molecule has 0 aliphatic heterocycles. The summed E-state index contributed by atoms with van der Waals surface area (Å²) >= 11 is -0.106. The van der Waals surface area contributed by atoms with E-state index in [4.69, 9.17) is 28.5 Å². The third-order valence-electron chi connectivity index (χ3n) is 2.49. The third-order valence-corrected chi connectivity index (χ3v) is 2.49. The summed E-state index contributed by atoms with van der Waals surface area (Å²) in [6.45, 7) is 8.89. The first-order chi connectivity index (χ1) is 10.9. The average molecular weight is 464 g/mol. The van der Waals surface area contributed by atoms with Crippen LogP contribution in [0, 0.1) is 0 Å². The molecule has 142 valence electrons. The number of esters is 2. The second kappa shape index (κ2) is 18.4. The second-order valence-electron chi connectivity index (χ2n) is 4.54. The zero-order valence-electron chi connectivity index (χ0n) is 14.0. The van der Waals surface area contributed by atoms with Gasteiger partial charge in [-0.25, -0.2) is 0 Å². The van der Waals surface area contributed by atoms with Crippen molar-refractivity contribution in [1.29, 1.82) is 0 Å². The molecule has 6 nitrogen and oxygen atoms in total. The van der Waals surface area contributed by atoms with Crippen molar-refractivity contribution in [1.82, 2.24) is 0 Å². The third kappa shape index (κ3) is 16.7. The zero-order chi connectivity index (χ0) is 18.1. The summed E-state index contributed by atoms with van der Waals surface area (Å²) < 4.78 is 9.95. The molecule has 0 heterocycles. The maximum absolute atomic E-state index is 11.4. The Morgan fingerprint density at radius 3 is 1.48 bits per heavy atom. The van der Waals surface area contributed by atoms with Crippen molar-refractivity contribution in [3.63, 3.8) is 0 Å². The van der Waals surface area contributed by atoms with E-state index < -0.39 is 12.1 Å². The maximum atomic E-state index is 11.4. The number of rotatable bonds is 11. The van der Waals surface area contributed by atoms with E-state index in [0.717, 1.165) is 12.8 Å². The monoisotopic (exact) mass is 462 g/mol. The predicted octanol–water partition coefficient (Wildman–Crippen LogP) is 3.79. The Morgan fingerprint density at radius 2 is 1.22 bits per heavy atom. The van der Waals surface area contributed by atoms with E-state index in [1.54, 1.807) is 13.8 Å². The molecule has 0 amide bonds. The summed E-state index contributed by atoms with van der Waals surface area (Å²) in [6.07, 6.45) is 1.59. The fourth-order valence-electron chi connectivity index (χ4n) is 1.30. The van der Waals surface area contributed by atoms with Crippen LogP contribution >= 0.6 is 19.1 Å². The summed E-state index contributed by atoms with van der Waals surface area (Å²) in [5.74, 6) is -0.635. The summed E-state index contributed by atoms with van der Waals surface area (Å²) in [7, 11) is 9.63. The summed E-state index contributed by atoms with van der Waals surface area (Å²) in [5, 5.41) is 8.30. The fourth-order valence-corrected chi connectivity index (χ4v) is 1.30. The van der Waals surface area contributed by atoms with Crippen molar-refractivity contribution in [2.75, 3.05) is 26.3 Å². The van der Waals surface area contributed by atoms with Gasteiger partial charge in [0.15, 0.2) is 0 Å². The summed E-state index contributed by atoms with van der Waals surface area (Å²) in [4.78, 5) is 22.9. The van der Waals surface area contributed by atoms with Gasteiger partial charge in [-0.1, -0.05) is 27.7 Å². The minimum absolute atomic E-state index is 0.106. The molecule has 0 saturated carbocycles. The molecule has 23 heavy (non-hydrogen) atoms. The van der Waals surface area contributed by atoms with Gasteiger partial charge in [-0.05, 0) is 24.9 Å². The van der Waals surface area contributed by atoms with E-state index in [1.807, 2.05) is 13.8 Å². The van der Waals surface area contributed by atoms with Crippen LogP contribution in [0.25, 0.3) is 10.6 Å². The Bertz CT molecular complexity index is 285. The molecule has 0 aliphatic rings. The molecule has 0 fully saturated rings. The molecule has 0 radical (unpaired) electrons. The van der Waals surface area contributed by atoms with E-state index >= 15 is 0 Å². The first-order valence-corrected chi connectivity index (χ1v) is 11.4. The minimum atomic E-state index is -0.487. The molecule has 0 rings (SSSR count). The number of halogens is 2. The molecule has 9 heteroatoms. The molecule has 0 N–H and O–H groups in total. The number of hydrogen-bond acceptors (Lipinski definition) is 4. The van der Waals surface area contributed by atoms with E-state index in [-0.39, 0.29) is 27.9 Å². The van der Waals surface area contributed by atoms with Gasteiger partial charge in [0, 0.05) is 0 Å². The fraction of sp³-hybridized carbons (Fsp3) is 0.857. The van der Waals surface area contributed by atoms with Gasteiger partial charge in [0.05, 0.1) is 13.2 Å². The zero-order valence-corrected chi connectivity index (χ0v) is 17.1. The molecule has 0 saturated heterocycles. The van der Waals surface area contributed by atoms with E-state index in [2.05, 4.69) is 10.6 Å². The first kappa shape index (κ1) is 25.3. The van der Waals surface area contributed by atoms with Crippen molar-refractivity contribution < 1.29 is 35.0 Å². The van der Waals surface area contributed by atoms with Gasteiger partial charge < -0.3 is 20.1 Å². The molecular formula is C14H26Cl2N2O4Pd-2. The molecule has 0 aromatic carbocycles. The van der Waals surface area contributed by atoms with Crippen molar-refractivity contribution in [3.8, 4) is 0 Å². The molecule has 0 aromatic heterocycles. The van der Waals surface area contributed by atoms with Gasteiger partial charge in [0.1, 0.15) is 0 Å². The Hall–Kier alpha value is 0.102. The Balaban J connectivity index is 0. The number of carbonyl (C=O) groups excluding carboxylic acids is 2. The molecule has 2 atom stereocenters. The van der Waals surface area contributed by atoms with Crippen LogP contribution in [0.1, 0.15) is 40.5 Å². The van der Waals surface area contributed by atoms with Crippen LogP contribution in [-0.4, -0.2) is 50.3 Å². The molecule has 0 unspecified atom stereocenters. The van der Waals surface area contributed by atoms with E-state index in [1.165, 1.54) is 0 Å². The van der Waals surface area contributed by atoms with Gasteiger partial charge in [-0.2, -0.15) is 13.1 Å². The van der Waals surface area contributed by atoms with Gasteiger partial charge in [-0.15, -0.1) is 0 Å². The Kier molecular flexibility index (Phi) is 20.3. The van der Waals surface area contributed by atoms with Crippen LogP contribution in [0.4, 0.5) is 0 Å². The van der Waals surface area contributed by atoms with Crippen LogP contribution in [0.15, 0.2) is 0 Å². The second-order valence-corrected chi connectivity index (χ2v) is 6.90. The number of nitrogens with zero attached hydrogens (tertiary/aromatic N) is 2. The Labute approximate surface area is 155 Å². The van der Waals surface area contributed by atoms with Crippen LogP contribution in [0.2, 0.25) is 0 Å². The summed E-state index contributed by atoms with van der Waals surface area (Å²) in [6, 6.07) is -0.974. The SMILES string of the molecule is CCCOC(=O)[C@H](C)[N-]CC[N-][C@@H](C)C(=O)OCCC.[Cl][Pd][Cl]. The number of ether oxygens (including phenoxy) is 2. The first-order valence-electron chi connectivity index (χ1n) is 7.43. The quantitative estimate of drug-likeness (QED) is 0.265. The Morgan fingerprint density at radius 1 is 0.913 bits per heavy atom. The van der Waals surface area contributed by atoms with Crippen molar-refractivity contribution in [2.24, 2.45) is 0 Å². The molecular weight excluding hydrogens is 437 g/mol. The molecule has 0 bridgehead atoms. The molecule has 0 aromatic rings. The summed E-state index contributed by atoms with van der Waals surface area (Å²) in [5.41, 5.74) is 0. The van der Waals surface area contributed by atoms with Crippen molar-refractivity contribution >= 4 is 31.0 Å². The van der Waals surface area contributed by atoms with Crippen LogP contribution in [0.5, 0.6) is 0 Å². The van der Waals surface area contributed by atoms with E-state index in [9.17, 15) is 9.59 Å². The number of carbonyl (C=O) groups is 2. The topological polar surface area (TPSA) is 80.8 Å². The molecule has 0 spiro atoms. The normalized spacial score (nSPS) is 12.8. The van der Waals surface area contributed by atoms with Crippen LogP contribution in [0.3, 0.4) is 0 Å². The van der Waals surface area contributed by atoms with Gasteiger partial charge >= 0.3 is 35.0 Å².